The molecule has 2 nitrogen and oxygen atoms in total. The highest BCUT2D eigenvalue weighted by atomic mass is 19.1. The summed E-state index contributed by atoms with van der Waals surface area (Å²) in [5.74, 6) is -0.891. The third kappa shape index (κ3) is 1.56. The van der Waals surface area contributed by atoms with Gasteiger partial charge in [0.25, 0.3) is 5.91 Å². The third-order valence-corrected chi connectivity index (χ3v) is 2.33. The lowest BCUT2D eigenvalue weighted by Gasteiger charge is -2.06. The SMILES string of the molecule is CNC(=O)c1c(F)ccc2ccccc12. The molecule has 15 heavy (non-hydrogen) atoms. The minimum absolute atomic E-state index is 0.107. The molecule has 0 bridgehead atoms. The van der Waals surface area contributed by atoms with E-state index in [-0.39, 0.29) is 5.56 Å². The molecule has 0 atom stereocenters. The smallest absolute Gasteiger partial charge is 0.254 e. The number of benzene rings is 2. The first-order chi connectivity index (χ1) is 7.24. The van der Waals surface area contributed by atoms with E-state index in [1.165, 1.54) is 13.1 Å². The summed E-state index contributed by atoms with van der Waals surface area (Å²) in [5, 5.41) is 3.93. The van der Waals surface area contributed by atoms with Crippen molar-refractivity contribution < 1.29 is 9.18 Å². The summed E-state index contributed by atoms with van der Waals surface area (Å²) in [5.41, 5.74) is 0.107. The molecule has 1 amide bonds. The molecular weight excluding hydrogens is 193 g/mol. The predicted octanol–water partition coefficient (Wildman–Crippen LogP) is 2.34. The lowest BCUT2D eigenvalue weighted by molar-refractivity contribution is 0.0961. The fourth-order valence-electron chi connectivity index (χ4n) is 1.60. The Hall–Kier alpha value is -1.90. The van der Waals surface area contributed by atoms with Crippen molar-refractivity contribution in [3.8, 4) is 0 Å². The van der Waals surface area contributed by atoms with Gasteiger partial charge in [0, 0.05) is 7.05 Å². The average Bonchev–Trinajstić information content (AvgIpc) is 2.28. The second kappa shape index (κ2) is 3.69. The van der Waals surface area contributed by atoms with Crippen LogP contribution in [0.4, 0.5) is 4.39 Å². The molecule has 0 radical (unpaired) electrons. The Kier molecular flexibility index (Phi) is 2.37. The van der Waals surface area contributed by atoms with E-state index in [0.29, 0.717) is 5.39 Å². The lowest BCUT2D eigenvalue weighted by atomic mass is 10.0. The van der Waals surface area contributed by atoms with Crippen molar-refractivity contribution in [2.24, 2.45) is 0 Å². The maximum Gasteiger partial charge on any atom is 0.254 e. The Morgan fingerprint density at radius 3 is 2.67 bits per heavy atom. The van der Waals surface area contributed by atoms with Crippen molar-refractivity contribution in [2.75, 3.05) is 7.05 Å². The summed E-state index contributed by atoms with van der Waals surface area (Å²) < 4.78 is 13.5. The fraction of sp³-hybridized carbons (Fsp3) is 0.0833. The summed E-state index contributed by atoms with van der Waals surface area (Å²) in [6, 6.07) is 10.2. The molecule has 0 aliphatic rings. The molecule has 0 aromatic heterocycles. The van der Waals surface area contributed by atoms with E-state index in [2.05, 4.69) is 5.32 Å². The zero-order valence-corrected chi connectivity index (χ0v) is 8.25. The van der Waals surface area contributed by atoms with Crippen LogP contribution in [0.25, 0.3) is 10.8 Å². The molecule has 0 unspecified atom stereocenters. The Morgan fingerprint density at radius 1 is 1.20 bits per heavy atom. The predicted molar refractivity (Wildman–Crippen MR) is 57.3 cm³/mol. The molecule has 2 aromatic carbocycles. The van der Waals surface area contributed by atoms with Crippen LogP contribution in [-0.2, 0) is 0 Å². The molecule has 0 heterocycles. The summed E-state index contributed by atoms with van der Waals surface area (Å²) in [6.07, 6.45) is 0. The van der Waals surface area contributed by atoms with Gasteiger partial charge in [-0.1, -0.05) is 30.3 Å². The zero-order chi connectivity index (χ0) is 10.8. The van der Waals surface area contributed by atoms with Crippen molar-refractivity contribution in [2.45, 2.75) is 0 Å². The standard InChI is InChI=1S/C12H10FNO/c1-14-12(15)11-9-5-3-2-4-8(9)6-7-10(11)13/h2-7H,1H3,(H,14,15). The topological polar surface area (TPSA) is 29.1 Å². The number of carbonyl (C=O) groups excluding carboxylic acids is 1. The third-order valence-electron chi connectivity index (χ3n) is 2.33. The quantitative estimate of drug-likeness (QED) is 0.757. The van der Waals surface area contributed by atoms with Crippen LogP contribution < -0.4 is 5.32 Å². The molecule has 2 rings (SSSR count). The first-order valence-electron chi connectivity index (χ1n) is 4.63. The van der Waals surface area contributed by atoms with Crippen LogP contribution in [0.5, 0.6) is 0 Å². The van der Waals surface area contributed by atoms with Crippen LogP contribution in [0.1, 0.15) is 10.4 Å². The summed E-state index contributed by atoms with van der Waals surface area (Å²) in [4.78, 5) is 11.5. The first kappa shape index (κ1) is 9.65. The molecule has 1 N–H and O–H groups in total. The monoisotopic (exact) mass is 203 g/mol. The fourth-order valence-corrected chi connectivity index (χ4v) is 1.60. The van der Waals surface area contributed by atoms with Gasteiger partial charge in [0.15, 0.2) is 0 Å². The van der Waals surface area contributed by atoms with Crippen molar-refractivity contribution >= 4 is 16.7 Å². The Morgan fingerprint density at radius 2 is 1.93 bits per heavy atom. The molecular formula is C12H10FNO. The van der Waals surface area contributed by atoms with Crippen LogP contribution in [0.3, 0.4) is 0 Å². The zero-order valence-electron chi connectivity index (χ0n) is 8.25. The van der Waals surface area contributed by atoms with E-state index in [0.717, 1.165) is 5.39 Å². The van der Waals surface area contributed by atoms with Gasteiger partial charge in [0.05, 0.1) is 5.56 Å². The average molecular weight is 203 g/mol. The second-order valence-electron chi connectivity index (χ2n) is 3.22. The van der Waals surface area contributed by atoms with E-state index in [4.69, 9.17) is 0 Å². The number of carbonyl (C=O) groups is 1. The van der Waals surface area contributed by atoms with Crippen LogP contribution in [0, 0.1) is 5.82 Å². The van der Waals surface area contributed by atoms with E-state index < -0.39 is 11.7 Å². The molecule has 0 spiro atoms. The first-order valence-corrected chi connectivity index (χ1v) is 4.63. The molecule has 0 fully saturated rings. The van der Waals surface area contributed by atoms with Crippen LogP contribution in [0.2, 0.25) is 0 Å². The maximum atomic E-state index is 13.5. The number of nitrogens with one attached hydrogen (secondary N) is 1. The van der Waals surface area contributed by atoms with Gasteiger partial charge in [-0.2, -0.15) is 0 Å². The number of hydrogen-bond acceptors (Lipinski definition) is 1. The highest BCUT2D eigenvalue weighted by molar-refractivity contribution is 6.07. The molecule has 2 aromatic rings. The summed E-state index contributed by atoms with van der Waals surface area (Å²) in [7, 11) is 1.49. The Balaban J connectivity index is 2.79. The normalized spacial score (nSPS) is 10.3. The van der Waals surface area contributed by atoms with Crippen LogP contribution in [-0.4, -0.2) is 13.0 Å². The number of amides is 1. The van der Waals surface area contributed by atoms with E-state index in [9.17, 15) is 9.18 Å². The van der Waals surface area contributed by atoms with Crippen LogP contribution >= 0.6 is 0 Å². The van der Waals surface area contributed by atoms with Gasteiger partial charge in [0.1, 0.15) is 5.82 Å². The molecule has 0 saturated carbocycles. The van der Waals surface area contributed by atoms with Gasteiger partial charge < -0.3 is 5.32 Å². The number of hydrogen-bond donors (Lipinski definition) is 1. The molecule has 0 aliphatic heterocycles. The van der Waals surface area contributed by atoms with E-state index in [1.807, 2.05) is 12.1 Å². The minimum atomic E-state index is -0.493. The Labute approximate surface area is 86.7 Å². The van der Waals surface area contributed by atoms with Crippen LogP contribution in [0.15, 0.2) is 36.4 Å². The van der Waals surface area contributed by atoms with Crippen molar-refractivity contribution in [3.63, 3.8) is 0 Å². The van der Waals surface area contributed by atoms with Crippen molar-refractivity contribution in [3.05, 3.63) is 47.8 Å². The van der Waals surface area contributed by atoms with Gasteiger partial charge in [-0.15, -0.1) is 0 Å². The highest BCUT2D eigenvalue weighted by Crippen LogP contribution is 2.21. The molecule has 76 valence electrons. The summed E-state index contributed by atoms with van der Waals surface area (Å²) >= 11 is 0. The van der Waals surface area contributed by atoms with Crippen molar-refractivity contribution in [1.29, 1.82) is 0 Å². The van der Waals surface area contributed by atoms with Gasteiger partial charge in [-0.25, -0.2) is 4.39 Å². The largest absolute Gasteiger partial charge is 0.355 e. The van der Waals surface area contributed by atoms with Gasteiger partial charge in [-0.05, 0) is 16.8 Å². The van der Waals surface area contributed by atoms with E-state index >= 15 is 0 Å². The van der Waals surface area contributed by atoms with Gasteiger partial charge >= 0.3 is 0 Å². The number of fused-ring (bicyclic) bond motifs is 1. The van der Waals surface area contributed by atoms with Crippen molar-refractivity contribution in [1.82, 2.24) is 5.32 Å². The molecule has 0 aliphatic carbocycles. The number of halogens is 1. The van der Waals surface area contributed by atoms with Gasteiger partial charge in [0.2, 0.25) is 0 Å². The summed E-state index contributed by atoms with van der Waals surface area (Å²) in [6.45, 7) is 0. The van der Waals surface area contributed by atoms with Gasteiger partial charge in [-0.3, -0.25) is 4.79 Å². The highest BCUT2D eigenvalue weighted by Gasteiger charge is 2.13. The maximum absolute atomic E-state index is 13.5. The Bertz CT molecular complexity index is 522. The molecule has 0 saturated heterocycles. The second-order valence-corrected chi connectivity index (χ2v) is 3.22. The lowest BCUT2D eigenvalue weighted by Crippen LogP contribution is -2.19. The number of rotatable bonds is 1. The molecule has 3 heteroatoms. The van der Waals surface area contributed by atoms with E-state index in [1.54, 1.807) is 18.2 Å². The minimum Gasteiger partial charge on any atom is -0.355 e.